The molecule has 0 aliphatic carbocycles. The fourth-order valence-corrected chi connectivity index (χ4v) is 1.95. The number of aromatic nitrogens is 4. The normalized spacial score (nSPS) is 15.3. The van der Waals surface area contributed by atoms with Gasteiger partial charge in [0.25, 0.3) is 0 Å². The predicted octanol–water partition coefficient (Wildman–Crippen LogP) is 3.48. The van der Waals surface area contributed by atoms with Crippen LogP contribution in [-0.2, 0) is 0 Å². The van der Waals surface area contributed by atoms with E-state index < -0.39 is 0 Å². The average molecular weight is 324 g/mol. The van der Waals surface area contributed by atoms with Crippen LogP contribution in [0.3, 0.4) is 0 Å². The lowest BCUT2D eigenvalue weighted by Crippen LogP contribution is -2.13. The van der Waals surface area contributed by atoms with E-state index in [0.717, 1.165) is 0 Å². The smallest absolute Gasteiger partial charge is 0.225 e. The Morgan fingerprint density at radius 2 is 2.00 bits per heavy atom. The highest BCUT2D eigenvalue weighted by Crippen LogP contribution is 2.24. The number of hydrogen-bond acceptors (Lipinski definition) is 3. The maximum Gasteiger partial charge on any atom is 0.225 e. The van der Waals surface area contributed by atoms with Gasteiger partial charge >= 0.3 is 0 Å². The van der Waals surface area contributed by atoms with Crippen LogP contribution in [0.4, 0.5) is 0 Å². The van der Waals surface area contributed by atoms with Crippen LogP contribution >= 0.6 is 39.1 Å². The zero-order valence-corrected chi connectivity index (χ0v) is 11.8. The third kappa shape index (κ3) is 2.17. The van der Waals surface area contributed by atoms with Crippen molar-refractivity contribution in [3.8, 4) is 0 Å². The summed E-state index contributed by atoms with van der Waals surface area (Å²) < 4.78 is 1.81. The van der Waals surface area contributed by atoms with E-state index in [0.29, 0.717) is 21.0 Å². The topological polar surface area (TPSA) is 43.6 Å². The van der Waals surface area contributed by atoms with Crippen molar-refractivity contribution in [2.24, 2.45) is 0 Å². The summed E-state index contributed by atoms with van der Waals surface area (Å²) in [7, 11) is 0. The molecule has 0 aliphatic rings. The van der Waals surface area contributed by atoms with E-state index in [4.69, 9.17) is 23.2 Å². The SMILES string of the molecule is CC(Br)[C@H](C)n1cc2c(Cl)nc(Cl)nc2n1. The van der Waals surface area contributed by atoms with Crippen molar-refractivity contribution in [3.05, 3.63) is 16.6 Å². The number of fused-ring (bicyclic) bond motifs is 1. The van der Waals surface area contributed by atoms with Gasteiger partial charge in [-0.05, 0) is 18.5 Å². The number of nitrogens with zero attached hydrogens (tertiary/aromatic N) is 4. The molecule has 2 aromatic heterocycles. The minimum atomic E-state index is 0.113. The highest BCUT2D eigenvalue weighted by atomic mass is 79.9. The largest absolute Gasteiger partial charge is 0.266 e. The summed E-state index contributed by atoms with van der Waals surface area (Å²) in [6.45, 7) is 4.10. The molecule has 0 radical (unpaired) electrons. The number of hydrogen-bond donors (Lipinski definition) is 0. The molecule has 0 spiro atoms. The lowest BCUT2D eigenvalue weighted by molar-refractivity contribution is 0.495. The molecule has 0 amide bonds. The molecule has 0 bridgehead atoms. The van der Waals surface area contributed by atoms with Gasteiger partial charge in [0.05, 0.1) is 11.4 Å². The molecule has 4 nitrogen and oxygen atoms in total. The average Bonchev–Trinajstić information content (AvgIpc) is 2.60. The van der Waals surface area contributed by atoms with E-state index in [2.05, 4.69) is 37.9 Å². The van der Waals surface area contributed by atoms with Crippen LogP contribution < -0.4 is 0 Å². The second-order valence-corrected chi connectivity index (χ2v) is 5.69. The van der Waals surface area contributed by atoms with Gasteiger partial charge in [0, 0.05) is 11.0 Å². The number of halogens is 3. The molecule has 0 N–H and O–H groups in total. The maximum atomic E-state index is 5.96. The van der Waals surface area contributed by atoms with Crippen molar-refractivity contribution in [1.82, 2.24) is 19.7 Å². The van der Waals surface area contributed by atoms with Gasteiger partial charge in [-0.1, -0.05) is 34.5 Å². The molecule has 0 aromatic carbocycles. The van der Waals surface area contributed by atoms with Crippen molar-refractivity contribution < 1.29 is 0 Å². The summed E-state index contributed by atoms with van der Waals surface area (Å²) in [5, 5.41) is 5.48. The molecule has 0 saturated heterocycles. The Labute approximate surface area is 111 Å². The van der Waals surface area contributed by atoms with Crippen LogP contribution in [0, 0.1) is 0 Å². The summed E-state index contributed by atoms with van der Waals surface area (Å²) in [4.78, 5) is 8.19. The maximum absolute atomic E-state index is 5.96. The van der Waals surface area contributed by atoms with Crippen LogP contribution in [0.5, 0.6) is 0 Å². The Morgan fingerprint density at radius 3 is 2.62 bits per heavy atom. The molecule has 2 atom stereocenters. The van der Waals surface area contributed by atoms with Crippen LogP contribution in [0.15, 0.2) is 6.20 Å². The molecular formula is C9H9BrCl2N4. The van der Waals surface area contributed by atoms with Gasteiger partial charge in [0.1, 0.15) is 5.15 Å². The highest BCUT2D eigenvalue weighted by Gasteiger charge is 2.15. The van der Waals surface area contributed by atoms with Crippen molar-refractivity contribution in [1.29, 1.82) is 0 Å². The van der Waals surface area contributed by atoms with Crippen molar-refractivity contribution >= 4 is 50.2 Å². The minimum Gasteiger partial charge on any atom is -0.266 e. The van der Waals surface area contributed by atoms with Crippen molar-refractivity contribution in [3.63, 3.8) is 0 Å². The van der Waals surface area contributed by atoms with Gasteiger partial charge in [-0.25, -0.2) is 4.98 Å². The fraction of sp³-hybridized carbons (Fsp3) is 0.444. The zero-order valence-electron chi connectivity index (χ0n) is 8.65. The Kier molecular flexibility index (Phi) is 3.37. The van der Waals surface area contributed by atoms with E-state index >= 15 is 0 Å². The minimum absolute atomic E-state index is 0.113. The second kappa shape index (κ2) is 4.47. The third-order valence-corrected chi connectivity index (χ3v) is 3.63. The van der Waals surface area contributed by atoms with Crippen molar-refractivity contribution in [2.45, 2.75) is 24.7 Å². The summed E-state index contributed by atoms with van der Waals surface area (Å²) in [5.74, 6) is 0. The second-order valence-electron chi connectivity index (χ2n) is 3.55. The van der Waals surface area contributed by atoms with Crippen LogP contribution in [0.2, 0.25) is 10.4 Å². The first kappa shape index (κ1) is 12.1. The van der Waals surface area contributed by atoms with Gasteiger partial charge < -0.3 is 0 Å². The third-order valence-electron chi connectivity index (χ3n) is 2.41. The van der Waals surface area contributed by atoms with E-state index in [9.17, 15) is 0 Å². The van der Waals surface area contributed by atoms with Crippen LogP contribution in [0.1, 0.15) is 19.9 Å². The molecule has 0 aliphatic heterocycles. The summed E-state index contributed by atoms with van der Waals surface area (Å²) in [6.07, 6.45) is 1.83. The van der Waals surface area contributed by atoms with Crippen molar-refractivity contribution in [2.75, 3.05) is 0 Å². The number of rotatable bonds is 2. The molecule has 86 valence electrons. The lowest BCUT2D eigenvalue weighted by atomic mass is 10.3. The summed E-state index contributed by atoms with van der Waals surface area (Å²) in [6, 6.07) is 0.198. The van der Waals surface area contributed by atoms with Gasteiger partial charge in [0.15, 0.2) is 5.65 Å². The van der Waals surface area contributed by atoms with Gasteiger partial charge in [-0.2, -0.15) is 10.1 Å². The van der Waals surface area contributed by atoms with Crippen LogP contribution in [-0.4, -0.2) is 24.6 Å². The van der Waals surface area contributed by atoms with E-state index in [-0.39, 0.29) is 11.3 Å². The summed E-state index contributed by atoms with van der Waals surface area (Å²) in [5.41, 5.74) is 0.519. The Morgan fingerprint density at radius 1 is 1.31 bits per heavy atom. The molecular weight excluding hydrogens is 315 g/mol. The van der Waals surface area contributed by atoms with E-state index in [1.54, 1.807) is 4.68 Å². The molecule has 0 fully saturated rings. The quantitative estimate of drug-likeness (QED) is 0.483. The van der Waals surface area contributed by atoms with Gasteiger partial charge in [-0.3, -0.25) is 4.68 Å². The lowest BCUT2D eigenvalue weighted by Gasteiger charge is -2.13. The predicted molar refractivity (Wildman–Crippen MR) is 68.4 cm³/mol. The zero-order chi connectivity index (χ0) is 11.9. The first-order valence-corrected chi connectivity index (χ1v) is 6.38. The standard InChI is InChI=1S/C9H9BrCl2N4/c1-4(10)5(2)16-3-6-7(11)13-9(12)14-8(6)15-16/h3-5H,1-2H3/t4?,5-/m0/s1. The monoisotopic (exact) mass is 322 g/mol. The molecule has 2 rings (SSSR count). The Hall–Kier alpha value is -0.390. The first-order chi connectivity index (χ1) is 7.49. The Bertz CT molecular complexity index is 525. The summed E-state index contributed by atoms with van der Waals surface area (Å²) >= 11 is 15.2. The number of alkyl halides is 1. The fourth-order valence-electron chi connectivity index (χ4n) is 1.28. The van der Waals surface area contributed by atoms with E-state index in [1.807, 2.05) is 13.1 Å². The van der Waals surface area contributed by atoms with Gasteiger partial charge in [0.2, 0.25) is 5.28 Å². The highest BCUT2D eigenvalue weighted by molar-refractivity contribution is 9.09. The molecule has 7 heteroatoms. The molecule has 1 unspecified atom stereocenters. The van der Waals surface area contributed by atoms with Crippen LogP contribution in [0.25, 0.3) is 11.0 Å². The molecule has 2 aromatic rings. The van der Waals surface area contributed by atoms with Gasteiger partial charge in [-0.15, -0.1) is 0 Å². The first-order valence-electron chi connectivity index (χ1n) is 4.71. The molecule has 0 saturated carbocycles. The van der Waals surface area contributed by atoms with E-state index in [1.165, 1.54) is 0 Å². The molecule has 16 heavy (non-hydrogen) atoms. The molecule has 2 heterocycles. The Balaban J connectivity index is 2.56.